The van der Waals surface area contributed by atoms with Crippen molar-refractivity contribution in [1.29, 1.82) is 5.26 Å². The molecule has 4 rings (SSSR count). The van der Waals surface area contributed by atoms with Crippen LogP contribution in [0.3, 0.4) is 0 Å². The fraction of sp³-hybridized carbons (Fsp3) is 0.261. The molecule has 0 aliphatic carbocycles. The van der Waals surface area contributed by atoms with E-state index >= 15 is 0 Å². The monoisotopic (exact) mass is 370 g/mol. The number of nitriles is 1. The van der Waals surface area contributed by atoms with Gasteiger partial charge in [-0.05, 0) is 38.0 Å². The molecule has 0 bridgehead atoms. The molecule has 1 saturated heterocycles. The first-order chi connectivity index (χ1) is 13.7. The Hall–Kier alpha value is -3.39. The van der Waals surface area contributed by atoms with E-state index in [0.29, 0.717) is 30.3 Å². The van der Waals surface area contributed by atoms with Gasteiger partial charge in [0.05, 0.1) is 11.6 Å². The van der Waals surface area contributed by atoms with E-state index in [0.717, 1.165) is 29.9 Å². The largest absolute Gasteiger partial charge is 0.338 e. The highest BCUT2D eigenvalue weighted by atomic mass is 16.2. The number of nitrogens with zero attached hydrogens (tertiary/aromatic N) is 4. The highest BCUT2D eigenvalue weighted by molar-refractivity contribution is 5.94. The molecule has 0 unspecified atom stereocenters. The lowest BCUT2D eigenvalue weighted by Crippen LogP contribution is -2.39. The molecule has 28 heavy (non-hydrogen) atoms. The van der Waals surface area contributed by atoms with Crippen LogP contribution in [0, 0.1) is 18.3 Å². The number of imidazole rings is 1. The first-order valence-corrected chi connectivity index (χ1v) is 9.56. The quantitative estimate of drug-likeness (QED) is 0.694. The third kappa shape index (κ3) is 3.41. The summed E-state index contributed by atoms with van der Waals surface area (Å²) >= 11 is 0. The zero-order valence-corrected chi connectivity index (χ0v) is 15.9. The molecule has 0 radical (unpaired) electrons. The number of rotatable bonds is 3. The van der Waals surface area contributed by atoms with E-state index < -0.39 is 0 Å². The average Bonchev–Trinajstić information content (AvgIpc) is 3.15. The van der Waals surface area contributed by atoms with E-state index in [9.17, 15) is 4.79 Å². The van der Waals surface area contributed by atoms with Crippen molar-refractivity contribution in [2.45, 2.75) is 25.8 Å². The van der Waals surface area contributed by atoms with Crippen molar-refractivity contribution in [3.05, 3.63) is 77.6 Å². The fourth-order valence-electron chi connectivity index (χ4n) is 3.94. The lowest BCUT2D eigenvalue weighted by molar-refractivity contribution is 0.0694. The van der Waals surface area contributed by atoms with Gasteiger partial charge in [-0.3, -0.25) is 4.79 Å². The van der Waals surface area contributed by atoms with Crippen LogP contribution in [0.15, 0.2) is 60.8 Å². The van der Waals surface area contributed by atoms with Crippen LogP contribution in [-0.4, -0.2) is 33.4 Å². The number of piperidine rings is 1. The predicted molar refractivity (Wildman–Crippen MR) is 108 cm³/mol. The van der Waals surface area contributed by atoms with Crippen molar-refractivity contribution in [2.24, 2.45) is 0 Å². The van der Waals surface area contributed by atoms with Crippen LogP contribution in [0.5, 0.6) is 0 Å². The second-order valence-corrected chi connectivity index (χ2v) is 7.18. The normalized spacial score (nSPS) is 14.6. The second-order valence-electron chi connectivity index (χ2n) is 7.18. The van der Waals surface area contributed by atoms with Gasteiger partial charge in [-0.15, -0.1) is 0 Å². The second kappa shape index (κ2) is 7.69. The summed E-state index contributed by atoms with van der Waals surface area (Å²) in [5.41, 5.74) is 3.36. The average molecular weight is 370 g/mol. The molecule has 140 valence electrons. The Labute approximate surface area is 164 Å². The third-order valence-corrected chi connectivity index (χ3v) is 5.37. The number of aryl methyl sites for hydroxylation is 1. The van der Waals surface area contributed by atoms with Crippen molar-refractivity contribution in [1.82, 2.24) is 14.5 Å². The summed E-state index contributed by atoms with van der Waals surface area (Å²) in [6.45, 7) is 3.49. The molecular formula is C23H22N4O. The smallest absolute Gasteiger partial charge is 0.253 e. The van der Waals surface area contributed by atoms with Gasteiger partial charge in [0, 0.05) is 42.1 Å². The Morgan fingerprint density at radius 2 is 1.86 bits per heavy atom. The summed E-state index contributed by atoms with van der Waals surface area (Å²) in [5.74, 6) is 0.991. The van der Waals surface area contributed by atoms with E-state index in [1.165, 1.54) is 0 Å². The van der Waals surface area contributed by atoms with Crippen LogP contribution < -0.4 is 0 Å². The van der Waals surface area contributed by atoms with Gasteiger partial charge in [-0.25, -0.2) is 4.98 Å². The van der Waals surface area contributed by atoms with Crippen molar-refractivity contribution >= 4 is 5.91 Å². The van der Waals surface area contributed by atoms with Crippen LogP contribution in [0.1, 0.15) is 40.5 Å². The van der Waals surface area contributed by atoms with Gasteiger partial charge in [0.2, 0.25) is 0 Å². The molecule has 1 amide bonds. The minimum Gasteiger partial charge on any atom is -0.338 e. The number of amides is 1. The Morgan fingerprint density at radius 1 is 1.11 bits per heavy atom. The van der Waals surface area contributed by atoms with Crippen LogP contribution >= 0.6 is 0 Å². The summed E-state index contributed by atoms with van der Waals surface area (Å²) < 4.78 is 2.31. The van der Waals surface area contributed by atoms with Gasteiger partial charge < -0.3 is 9.47 Å². The van der Waals surface area contributed by atoms with Gasteiger partial charge in [0.15, 0.2) is 0 Å². The van der Waals surface area contributed by atoms with E-state index in [-0.39, 0.29) is 5.91 Å². The maximum atomic E-state index is 12.8. The third-order valence-electron chi connectivity index (χ3n) is 5.37. The SMILES string of the molecule is Cc1cnc(-c2ccccc2)n1C1CCN(C(=O)c2cccc(C#N)c2)CC1. The highest BCUT2D eigenvalue weighted by Crippen LogP contribution is 2.30. The molecule has 0 atom stereocenters. The molecule has 1 aromatic heterocycles. The molecule has 1 fully saturated rings. The maximum absolute atomic E-state index is 12.8. The topological polar surface area (TPSA) is 61.9 Å². The van der Waals surface area contributed by atoms with Crippen molar-refractivity contribution < 1.29 is 4.79 Å². The van der Waals surface area contributed by atoms with Crippen LogP contribution in [0.2, 0.25) is 0 Å². The number of hydrogen-bond acceptors (Lipinski definition) is 3. The number of hydrogen-bond donors (Lipinski definition) is 0. The van der Waals surface area contributed by atoms with Crippen molar-refractivity contribution in [3.63, 3.8) is 0 Å². The van der Waals surface area contributed by atoms with E-state index in [2.05, 4.69) is 34.7 Å². The van der Waals surface area contributed by atoms with Crippen LogP contribution in [-0.2, 0) is 0 Å². The molecule has 2 heterocycles. The molecule has 1 aliphatic rings. The van der Waals surface area contributed by atoms with Gasteiger partial charge >= 0.3 is 0 Å². The van der Waals surface area contributed by atoms with Crippen molar-refractivity contribution in [2.75, 3.05) is 13.1 Å². The zero-order chi connectivity index (χ0) is 19.5. The Balaban J connectivity index is 1.50. The summed E-state index contributed by atoms with van der Waals surface area (Å²) in [6, 6.07) is 19.6. The minimum absolute atomic E-state index is 0.00110. The van der Waals surface area contributed by atoms with Gasteiger partial charge in [0.25, 0.3) is 5.91 Å². The highest BCUT2D eigenvalue weighted by Gasteiger charge is 2.27. The Bertz CT molecular complexity index is 1020. The number of likely N-dealkylation sites (tertiary alicyclic amines) is 1. The maximum Gasteiger partial charge on any atom is 0.253 e. The first kappa shape index (κ1) is 18.0. The van der Waals surface area contributed by atoms with Gasteiger partial charge in [-0.1, -0.05) is 36.4 Å². The van der Waals surface area contributed by atoms with Crippen LogP contribution in [0.4, 0.5) is 0 Å². The van der Waals surface area contributed by atoms with E-state index in [1.807, 2.05) is 29.3 Å². The molecule has 0 spiro atoms. The van der Waals surface area contributed by atoms with E-state index in [4.69, 9.17) is 5.26 Å². The lowest BCUT2D eigenvalue weighted by Gasteiger charge is -2.34. The lowest BCUT2D eigenvalue weighted by atomic mass is 10.0. The molecule has 0 N–H and O–H groups in total. The molecule has 1 aliphatic heterocycles. The van der Waals surface area contributed by atoms with Crippen LogP contribution in [0.25, 0.3) is 11.4 Å². The molecule has 2 aromatic carbocycles. The minimum atomic E-state index is 0.00110. The van der Waals surface area contributed by atoms with Gasteiger partial charge in [-0.2, -0.15) is 5.26 Å². The zero-order valence-electron chi connectivity index (χ0n) is 15.9. The first-order valence-electron chi connectivity index (χ1n) is 9.56. The standard InChI is InChI=1S/C23H22N4O/c1-17-16-25-22(19-7-3-2-4-8-19)27(17)21-10-12-26(13-11-21)23(28)20-9-5-6-18(14-20)15-24/h2-9,14,16,21H,10-13H2,1H3. The fourth-order valence-corrected chi connectivity index (χ4v) is 3.94. The molecule has 0 saturated carbocycles. The molecular weight excluding hydrogens is 348 g/mol. The van der Waals surface area contributed by atoms with Gasteiger partial charge in [0.1, 0.15) is 5.82 Å². The number of aromatic nitrogens is 2. The summed E-state index contributed by atoms with van der Waals surface area (Å²) in [6.07, 6.45) is 3.70. The molecule has 5 nitrogen and oxygen atoms in total. The predicted octanol–water partition coefficient (Wildman–Crippen LogP) is 4.21. The Kier molecular flexibility index (Phi) is 4.94. The molecule has 5 heteroatoms. The number of carbonyl (C=O) groups excluding carboxylic acids is 1. The molecule has 3 aromatic rings. The van der Waals surface area contributed by atoms with E-state index in [1.54, 1.807) is 24.3 Å². The van der Waals surface area contributed by atoms with Crippen molar-refractivity contribution in [3.8, 4) is 17.5 Å². The number of benzene rings is 2. The summed E-state index contributed by atoms with van der Waals surface area (Å²) in [5, 5.41) is 9.06. The number of carbonyl (C=O) groups is 1. The Morgan fingerprint density at radius 3 is 2.57 bits per heavy atom. The summed E-state index contributed by atoms with van der Waals surface area (Å²) in [4.78, 5) is 19.3. The summed E-state index contributed by atoms with van der Waals surface area (Å²) in [7, 11) is 0.